The van der Waals surface area contributed by atoms with Gasteiger partial charge in [0.1, 0.15) is 10.6 Å². The molecule has 3 heterocycles. The van der Waals surface area contributed by atoms with Gasteiger partial charge in [-0.25, -0.2) is 8.42 Å². The van der Waals surface area contributed by atoms with Gasteiger partial charge in [-0.3, -0.25) is 14.3 Å². The first-order valence-corrected chi connectivity index (χ1v) is 11.1. The minimum atomic E-state index is -3.78. The van der Waals surface area contributed by atoms with Gasteiger partial charge in [0.15, 0.2) is 0 Å². The fourth-order valence-corrected chi connectivity index (χ4v) is 5.16. The summed E-state index contributed by atoms with van der Waals surface area (Å²) in [5.41, 5.74) is 6.46. The molecule has 0 atom stereocenters. The summed E-state index contributed by atoms with van der Waals surface area (Å²) in [7, 11) is -2.22. The number of aryl methyl sites for hydroxylation is 1. The molecule has 0 saturated carbocycles. The molecular weight excluding hydrogens is 408 g/mol. The van der Waals surface area contributed by atoms with Crippen molar-refractivity contribution in [3.63, 3.8) is 0 Å². The molecule has 1 aliphatic heterocycles. The Kier molecular flexibility index (Phi) is 5.54. The van der Waals surface area contributed by atoms with Gasteiger partial charge in [0.05, 0.1) is 17.3 Å². The molecule has 1 fully saturated rings. The predicted molar refractivity (Wildman–Crippen MR) is 111 cm³/mol. The zero-order valence-electron chi connectivity index (χ0n) is 17.9. The molecule has 164 valence electrons. The van der Waals surface area contributed by atoms with Crippen molar-refractivity contribution in [1.29, 1.82) is 0 Å². The monoisotopic (exact) mass is 436 g/mol. The number of amides is 2. The molecule has 3 rings (SSSR count). The summed E-state index contributed by atoms with van der Waals surface area (Å²) in [6, 6.07) is 1.28. The quantitative estimate of drug-likeness (QED) is 0.749. The van der Waals surface area contributed by atoms with Crippen LogP contribution in [0, 0.1) is 6.92 Å². The topological polar surface area (TPSA) is 124 Å². The summed E-state index contributed by atoms with van der Waals surface area (Å²) in [5, 5.41) is 4.34. The van der Waals surface area contributed by atoms with E-state index in [1.165, 1.54) is 21.1 Å². The molecule has 10 nitrogen and oxygen atoms in total. The van der Waals surface area contributed by atoms with Gasteiger partial charge in [0, 0.05) is 45.1 Å². The number of sulfonamides is 1. The second kappa shape index (κ2) is 7.55. The Hall–Kier alpha value is -2.66. The van der Waals surface area contributed by atoms with Crippen LogP contribution in [-0.2, 0) is 22.6 Å². The van der Waals surface area contributed by atoms with Crippen molar-refractivity contribution in [2.75, 3.05) is 26.2 Å². The smallest absolute Gasteiger partial charge is 0.265 e. The van der Waals surface area contributed by atoms with E-state index in [-0.39, 0.29) is 48.2 Å². The summed E-state index contributed by atoms with van der Waals surface area (Å²) in [6.45, 7) is 8.77. The van der Waals surface area contributed by atoms with Gasteiger partial charge >= 0.3 is 0 Å². The Morgan fingerprint density at radius 3 is 2.20 bits per heavy atom. The van der Waals surface area contributed by atoms with Crippen LogP contribution in [0.5, 0.6) is 0 Å². The lowest BCUT2D eigenvalue weighted by Crippen LogP contribution is -2.50. The maximum Gasteiger partial charge on any atom is 0.265 e. The van der Waals surface area contributed by atoms with Crippen LogP contribution in [0.3, 0.4) is 0 Å². The Balaban J connectivity index is 1.73. The molecule has 1 saturated heterocycles. The van der Waals surface area contributed by atoms with Gasteiger partial charge in [-0.1, -0.05) is 0 Å². The second-order valence-electron chi connectivity index (χ2n) is 8.46. The predicted octanol–water partition coefficient (Wildman–Crippen LogP) is 0.531. The van der Waals surface area contributed by atoms with Crippen LogP contribution in [0.1, 0.15) is 47.3 Å². The molecule has 2 aromatic heterocycles. The molecule has 0 radical (unpaired) electrons. The van der Waals surface area contributed by atoms with Crippen LogP contribution in [0.2, 0.25) is 0 Å². The highest BCUT2D eigenvalue weighted by Gasteiger charge is 2.33. The van der Waals surface area contributed by atoms with Crippen LogP contribution < -0.4 is 5.73 Å². The van der Waals surface area contributed by atoms with E-state index in [0.717, 1.165) is 5.69 Å². The van der Waals surface area contributed by atoms with Crippen molar-refractivity contribution < 1.29 is 18.0 Å². The fourth-order valence-electron chi connectivity index (χ4n) is 3.67. The Morgan fingerprint density at radius 1 is 1.13 bits per heavy atom. The lowest BCUT2D eigenvalue weighted by atomic mass is 10.1. The van der Waals surface area contributed by atoms with Crippen LogP contribution in [0.25, 0.3) is 0 Å². The zero-order chi connectivity index (χ0) is 22.4. The Morgan fingerprint density at radius 2 is 1.73 bits per heavy atom. The van der Waals surface area contributed by atoms with Gasteiger partial charge in [-0.2, -0.15) is 9.40 Å². The van der Waals surface area contributed by atoms with Gasteiger partial charge in [0.2, 0.25) is 10.0 Å². The van der Waals surface area contributed by atoms with Crippen LogP contribution in [-0.4, -0.2) is 70.0 Å². The fraction of sp³-hybridized carbons (Fsp3) is 0.526. The van der Waals surface area contributed by atoms with Gasteiger partial charge in [-0.15, -0.1) is 0 Å². The molecule has 0 spiro atoms. The minimum absolute atomic E-state index is 0.0147. The largest absolute Gasteiger partial charge is 0.364 e. The maximum atomic E-state index is 13.0. The molecular formula is C19H28N6O4S. The molecule has 2 amide bonds. The van der Waals surface area contributed by atoms with E-state index >= 15 is 0 Å². The molecule has 2 aromatic rings. The average Bonchev–Trinajstić information content (AvgIpc) is 3.24. The van der Waals surface area contributed by atoms with E-state index < -0.39 is 15.9 Å². The first-order chi connectivity index (χ1) is 13.8. The van der Waals surface area contributed by atoms with Crippen molar-refractivity contribution in [3.05, 3.63) is 35.4 Å². The molecule has 0 aromatic carbocycles. The summed E-state index contributed by atoms with van der Waals surface area (Å²) in [6.07, 6.45) is 2.94. The highest BCUT2D eigenvalue weighted by Crippen LogP contribution is 2.22. The first-order valence-electron chi connectivity index (χ1n) is 9.64. The maximum absolute atomic E-state index is 13.0. The number of hydrogen-bond acceptors (Lipinski definition) is 5. The molecule has 1 aliphatic rings. The average molecular weight is 437 g/mol. The number of piperazine rings is 1. The third-order valence-corrected chi connectivity index (χ3v) is 7.14. The summed E-state index contributed by atoms with van der Waals surface area (Å²) < 4.78 is 30.4. The summed E-state index contributed by atoms with van der Waals surface area (Å²) in [5.74, 6) is -0.851. The van der Waals surface area contributed by atoms with Crippen molar-refractivity contribution >= 4 is 21.8 Å². The number of aromatic nitrogens is 3. The molecule has 0 unspecified atom stereocenters. The lowest BCUT2D eigenvalue weighted by Gasteiger charge is -2.33. The van der Waals surface area contributed by atoms with E-state index in [2.05, 4.69) is 5.10 Å². The van der Waals surface area contributed by atoms with Gasteiger partial charge < -0.3 is 15.2 Å². The summed E-state index contributed by atoms with van der Waals surface area (Å²) in [4.78, 5) is 26.0. The normalized spacial score (nSPS) is 16.1. The zero-order valence-corrected chi connectivity index (χ0v) is 18.7. The number of rotatable bonds is 4. The van der Waals surface area contributed by atoms with E-state index in [1.807, 2.05) is 32.4 Å². The Labute approximate surface area is 176 Å². The van der Waals surface area contributed by atoms with Gasteiger partial charge in [0.25, 0.3) is 11.8 Å². The number of primary amides is 1. The molecule has 2 N–H and O–H groups in total. The second-order valence-corrected chi connectivity index (χ2v) is 10.4. The lowest BCUT2D eigenvalue weighted by molar-refractivity contribution is 0.0696. The first kappa shape index (κ1) is 22.0. The van der Waals surface area contributed by atoms with E-state index in [1.54, 1.807) is 18.1 Å². The van der Waals surface area contributed by atoms with Crippen molar-refractivity contribution in [3.8, 4) is 0 Å². The third kappa shape index (κ3) is 3.86. The molecule has 0 bridgehead atoms. The SMILES string of the molecule is Cc1c(C(=O)N2CCN(S(=O)(=O)c3cc(C(N)=O)n(C)c3)CC2)cnn1C(C)(C)C. The Bertz CT molecular complexity index is 1080. The number of nitrogens with two attached hydrogens (primary N) is 1. The molecule has 11 heteroatoms. The highest BCUT2D eigenvalue weighted by atomic mass is 32.2. The molecule has 30 heavy (non-hydrogen) atoms. The highest BCUT2D eigenvalue weighted by molar-refractivity contribution is 7.89. The van der Waals surface area contributed by atoms with E-state index in [0.29, 0.717) is 5.56 Å². The standard InChI is InChI=1S/C19H28N6O4S/c1-13-15(11-21-25(13)19(2,3)4)18(27)23-6-8-24(9-7-23)30(28,29)14-10-16(17(20)26)22(5)12-14/h10-12H,6-9H2,1-5H3,(H2,20,26). The number of hydrogen-bond donors (Lipinski definition) is 1. The van der Waals surface area contributed by atoms with Crippen molar-refractivity contribution in [2.24, 2.45) is 12.8 Å². The van der Waals surface area contributed by atoms with Crippen molar-refractivity contribution in [1.82, 2.24) is 23.6 Å². The molecule has 0 aliphatic carbocycles. The van der Waals surface area contributed by atoms with Crippen molar-refractivity contribution in [2.45, 2.75) is 38.1 Å². The summed E-state index contributed by atoms with van der Waals surface area (Å²) >= 11 is 0. The van der Waals surface area contributed by atoms with E-state index in [4.69, 9.17) is 5.73 Å². The van der Waals surface area contributed by atoms with E-state index in [9.17, 15) is 18.0 Å². The minimum Gasteiger partial charge on any atom is -0.364 e. The van der Waals surface area contributed by atoms with Gasteiger partial charge in [-0.05, 0) is 33.8 Å². The third-order valence-electron chi connectivity index (χ3n) is 5.27. The number of carbonyl (C=O) groups is 2. The number of nitrogens with zero attached hydrogens (tertiary/aromatic N) is 5. The van der Waals surface area contributed by atoms with Crippen LogP contribution >= 0.6 is 0 Å². The van der Waals surface area contributed by atoms with Crippen LogP contribution in [0.15, 0.2) is 23.4 Å². The van der Waals surface area contributed by atoms with Crippen LogP contribution in [0.4, 0.5) is 0 Å². The number of carbonyl (C=O) groups excluding carboxylic acids is 2.